The van der Waals surface area contributed by atoms with Crippen LogP contribution in [0.2, 0.25) is 0 Å². The Balaban J connectivity index is 2.94. The standard InChI is InChI=1S/C12H18N2O4S/c1-9(2)11(12(15)13-18-3)14-19(16,17)10-7-5-4-6-8-10/h4-9,11,14H,1-3H3,(H,13,15). The number of sulfonamides is 1. The molecule has 1 aromatic rings. The van der Waals surface area contributed by atoms with E-state index in [-0.39, 0.29) is 10.8 Å². The molecule has 0 radical (unpaired) electrons. The van der Waals surface area contributed by atoms with Gasteiger partial charge in [-0.2, -0.15) is 4.72 Å². The molecule has 0 fully saturated rings. The second kappa shape index (κ2) is 6.65. The van der Waals surface area contributed by atoms with Crippen molar-refractivity contribution in [2.75, 3.05) is 7.11 Å². The van der Waals surface area contributed by atoms with Crippen LogP contribution in [0.25, 0.3) is 0 Å². The molecular formula is C12H18N2O4S. The van der Waals surface area contributed by atoms with Gasteiger partial charge < -0.3 is 0 Å². The van der Waals surface area contributed by atoms with Gasteiger partial charge >= 0.3 is 0 Å². The van der Waals surface area contributed by atoms with E-state index < -0.39 is 22.0 Å². The van der Waals surface area contributed by atoms with E-state index in [1.165, 1.54) is 19.2 Å². The molecule has 0 bridgehead atoms. The summed E-state index contributed by atoms with van der Waals surface area (Å²) in [6.07, 6.45) is 0. The number of hydrogen-bond acceptors (Lipinski definition) is 4. The number of benzene rings is 1. The third kappa shape index (κ3) is 4.30. The van der Waals surface area contributed by atoms with E-state index in [1.807, 2.05) is 0 Å². The van der Waals surface area contributed by atoms with E-state index in [9.17, 15) is 13.2 Å². The minimum absolute atomic E-state index is 0.117. The van der Waals surface area contributed by atoms with Gasteiger partial charge in [0.15, 0.2) is 0 Å². The fourth-order valence-electron chi connectivity index (χ4n) is 1.49. The van der Waals surface area contributed by atoms with Gasteiger partial charge in [0.25, 0.3) is 5.91 Å². The number of hydrogen-bond donors (Lipinski definition) is 2. The summed E-state index contributed by atoms with van der Waals surface area (Å²) in [7, 11) is -2.44. The maximum atomic E-state index is 12.1. The van der Waals surface area contributed by atoms with Crippen LogP contribution in [0.1, 0.15) is 13.8 Å². The molecule has 7 heteroatoms. The van der Waals surface area contributed by atoms with Crippen molar-refractivity contribution in [3.63, 3.8) is 0 Å². The minimum atomic E-state index is -3.73. The summed E-state index contributed by atoms with van der Waals surface area (Å²) < 4.78 is 26.6. The largest absolute Gasteiger partial charge is 0.277 e. The van der Waals surface area contributed by atoms with Gasteiger partial charge in [-0.3, -0.25) is 9.63 Å². The van der Waals surface area contributed by atoms with E-state index in [0.717, 1.165) is 0 Å². The molecule has 1 atom stereocenters. The molecule has 0 aliphatic carbocycles. The molecule has 0 aromatic heterocycles. The van der Waals surface area contributed by atoms with Crippen LogP contribution in [0.15, 0.2) is 35.2 Å². The average molecular weight is 286 g/mol. The number of amides is 1. The zero-order valence-electron chi connectivity index (χ0n) is 11.1. The third-order valence-electron chi connectivity index (χ3n) is 2.49. The summed E-state index contributed by atoms with van der Waals surface area (Å²) in [6.45, 7) is 3.49. The highest BCUT2D eigenvalue weighted by atomic mass is 32.2. The Bertz CT molecular complexity index is 514. The molecule has 0 saturated heterocycles. The molecule has 1 rings (SSSR count). The molecule has 1 aromatic carbocycles. The second-order valence-electron chi connectivity index (χ2n) is 4.33. The van der Waals surface area contributed by atoms with Crippen LogP contribution in [0.3, 0.4) is 0 Å². The Morgan fingerprint density at radius 2 is 1.79 bits per heavy atom. The summed E-state index contributed by atoms with van der Waals surface area (Å²) in [5, 5.41) is 0. The smallest absolute Gasteiger partial charge is 0.261 e. The topological polar surface area (TPSA) is 84.5 Å². The predicted octanol–water partition coefficient (Wildman–Crippen LogP) is 0.667. The van der Waals surface area contributed by atoms with Crippen molar-refractivity contribution in [2.45, 2.75) is 24.8 Å². The van der Waals surface area contributed by atoms with Crippen LogP contribution in [-0.4, -0.2) is 27.5 Å². The Morgan fingerprint density at radius 3 is 2.26 bits per heavy atom. The summed E-state index contributed by atoms with van der Waals surface area (Å²) in [5.41, 5.74) is 2.14. The summed E-state index contributed by atoms with van der Waals surface area (Å²) >= 11 is 0. The normalized spacial score (nSPS) is 13.3. The van der Waals surface area contributed by atoms with E-state index >= 15 is 0 Å². The third-order valence-corrected chi connectivity index (χ3v) is 3.94. The molecule has 2 N–H and O–H groups in total. The van der Waals surface area contributed by atoms with Crippen molar-refractivity contribution in [3.8, 4) is 0 Å². The predicted molar refractivity (Wildman–Crippen MR) is 70.5 cm³/mol. The summed E-state index contributed by atoms with van der Waals surface area (Å²) in [5.74, 6) is -0.745. The van der Waals surface area contributed by atoms with Gasteiger partial charge in [0, 0.05) is 0 Å². The van der Waals surface area contributed by atoms with E-state index in [1.54, 1.807) is 32.0 Å². The highest BCUT2D eigenvalue weighted by molar-refractivity contribution is 7.89. The lowest BCUT2D eigenvalue weighted by atomic mass is 10.1. The fraction of sp³-hybridized carbons (Fsp3) is 0.417. The monoisotopic (exact) mass is 286 g/mol. The lowest BCUT2D eigenvalue weighted by molar-refractivity contribution is -0.134. The van der Waals surface area contributed by atoms with Gasteiger partial charge in [-0.15, -0.1) is 0 Å². The van der Waals surface area contributed by atoms with Gasteiger partial charge in [0.1, 0.15) is 6.04 Å². The summed E-state index contributed by atoms with van der Waals surface area (Å²) in [4.78, 5) is 16.4. The molecule has 0 aliphatic heterocycles. The van der Waals surface area contributed by atoms with Crippen molar-refractivity contribution < 1.29 is 18.0 Å². The minimum Gasteiger partial charge on any atom is -0.277 e. The number of rotatable bonds is 6. The Labute approximate surface area is 113 Å². The summed E-state index contributed by atoms with van der Waals surface area (Å²) in [6, 6.07) is 6.99. The number of nitrogens with one attached hydrogen (secondary N) is 2. The van der Waals surface area contributed by atoms with Gasteiger partial charge in [0.2, 0.25) is 10.0 Å². The van der Waals surface area contributed by atoms with Crippen LogP contribution >= 0.6 is 0 Å². The van der Waals surface area contributed by atoms with Crippen LogP contribution in [0.4, 0.5) is 0 Å². The Hall–Kier alpha value is -1.44. The highest BCUT2D eigenvalue weighted by Gasteiger charge is 2.28. The number of carbonyl (C=O) groups excluding carboxylic acids is 1. The maximum absolute atomic E-state index is 12.1. The quantitative estimate of drug-likeness (QED) is 0.753. The molecule has 0 aliphatic rings. The zero-order chi connectivity index (χ0) is 14.5. The van der Waals surface area contributed by atoms with Crippen LogP contribution in [0, 0.1) is 5.92 Å². The van der Waals surface area contributed by atoms with E-state index in [4.69, 9.17) is 0 Å². The zero-order valence-corrected chi connectivity index (χ0v) is 11.9. The van der Waals surface area contributed by atoms with Gasteiger partial charge in [0.05, 0.1) is 12.0 Å². The van der Waals surface area contributed by atoms with E-state index in [2.05, 4.69) is 15.0 Å². The lowest BCUT2D eigenvalue weighted by Gasteiger charge is -2.20. The first-order chi connectivity index (χ1) is 8.88. The van der Waals surface area contributed by atoms with Crippen molar-refractivity contribution in [1.29, 1.82) is 0 Å². The number of hydroxylamine groups is 1. The average Bonchev–Trinajstić information content (AvgIpc) is 2.37. The lowest BCUT2D eigenvalue weighted by Crippen LogP contribution is -2.49. The van der Waals surface area contributed by atoms with Crippen molar-refractivity contribution in [3.05, 3.63) is 30.3 Å². The number of carbonyl (C=O) groups is 1. The second-order valence-corrected chi connectivity index (χ2v) is 6.04. The SMILES string of the molecule is CONC(=O)C(NS(=O)(=O)c1ccccc1)C(C)C. The molecule has 0 heterocycles. The highest BCUT2D eigenvalue weighted by Crippen LogP contribution is 2.11. The fourth-order valence-corrected chi connectivity index (χ4v) is 2.86. The first-order valence-corrected chi connectivity index (χ1v) is 7.27. The molecule has 1 unspecified atom stereocenters. The molecule has 106 valence electrons. The van der Waals surface area contributed by atoms with Crippen molar-refractivity contribution in [2.24, 2.45) is 5.92 Å². The van der Waals surface area contributed by atoms with Crippen molar-refractivity contribution in [1.82, 2.24) is 10.2 Å². The van der Waals surface area contributed by atoms with Gasteiger partial charge in [-0.25, -0.2) is 13.9 Å². The molecule has 0 spiro atoms. The van der Waals surface area contributed by atoms with Gasteiger partial charge in [-0.05, 0) is 18.1 Å². The molecule has 19 heavy (non-hydrogen) atoms. The van der Waals surface area contributed by atoms with Crippen LogP contribution in [0.5, 0.6) is 0 Å². The Kier molecular flexibility index (Phi) is 5.46. The van der Waals surface area contributed by atoms with Crippen LogP contribution in [-0.2, 0) is 19.7 Å². The molecular weight excluding hydrogens is 268 g/mol. The first kappa shape index (κ1) is 15.6. The first-order valence-electron chi connectivity index (χ1n) is 5.78. The molecule has 0 saturated carbocycles. The van der Waals surface area contributed by atoms with E-state index in [0.29, 0.717) is 0 Å². The molecule has 6 nitrogen and oxygen atoms in total. The van der Waals surface area contributed by atoms with Crippen molar-refractivity contribution >= 4 is 15.9 Å². The van der Waals surface area contributed by atoms with Gasteiger partial charge in [-0.1, -0.05) is 32.0 Å². The van der Waals surface area contributed by atoms with Crippen LogP contribution < -0.4 is 10.2 Å². The molecule has 1 amide bonds. The Morgan fingerprint density at radius 1 is 1.21 bits per heavy atom. The maximum Gasteiger partial charge on any atom is 0.261 e.